The number of fused-ring (bicyclic) bond motifs is 1. The first kappa shape index (κ1) is 49.8. The maximum absolute atomic E-state index is 14.2. The van der Waals surface area contributed by atoms with Crippen LogP contribution < -0.4 is 15.1 Å². The van der Waals surface area contributed by atoms with Crippen LogP contribution in [0.5, 0.6) is 11.5 Å². The second-order valence-corrected chi connectivity index (χ2v) is 11.3. The molecule has 1 aromatic heterocycles. The Morgan fingerprint density at radius 1 is 0.500 bits per heavy atom. The van der Waals surface area contributed by atoms with Crippen LogP contribution in [0.1, 0.15) is 23.2 Å². The Kier molecular flexibility index (Phi) is 12.4. The van der Waals surface area contributed by atoms with Gasteiger partial charge in [0.25, 0.3) is 0 Å². The van der Waals surface area contributed by atoms with Crippen molar-refractivity contribution in [1.82, 2.24) is 0 Å². The number of ether oxygens (including phenoxy) is 2. The van der Waals surface area contributed by atoms with Gasteiger partial charge in [-0.05, 0) is 6.07 Å². The second-order valence-electron chi connectivity index (χ2n) is 11.3. The largest absolute Gasteiger partial charge is 0.493 e. The van der Waals surface area contributed by atoms with E-state index in [2.05, 4.69) is 13.9 Å². The summed E-state index contributed by atoms with van der Waals surface area (Å²) >= 11 is 0. The van der Waals surface area contributed by atoms with E-state index >= 15 is 0 Å². The van der Waals surface area contributed by atoms with Gasteiger partial charge in [-0.1, -0.05) is 0 Å². The molecule has 0 unspecified atom stereocenters. The molecule has 2 aromatic rings. The summed E-state index contributed by atoms with van der Waals surface area (Å²) in [5, 5.41) is 7.94. The molecule has 0 aliphatic rings. The summed E-state index contributed by atoms with van der Waals surface area (Å²) in [5.74, 6) is -83.7. The van der Waals surface area contributed by atoms with Crippen LogP contribution in [0.2, 0.25) is 0 Å². The van der Waals surface area contributed by atoms with Crippen LogP contribution in [0.3, 0.4) is 0 Å². The first-order chi connectivity index (χ1) is 25.4. The standard InChI is InChI=1S/C26H12F26O6/c27-15(28,17(31,32)19(35,36)21(39,40)23(43,44)25(47,48)49)1-3-56-8-5-11(9-7-10(13(53)54)14(55)58-12(9)6-8)57-4-2-16(29,30)18(33,34)20(37,38)22(41,42)24(45,46)26(50,51)52/h5-7H,1-4H2,(H,53,54). The van der Waals surface area contributed by atoms with Crippen molar-refractivity contribution >= 4 is 16.9 Å². The summed E-state index contributed by atoms with van der Waals surface area (Å²) in [5.41, 5.74) is -4.66. The summed E-state index contributed by atoms with van der Waals surface area (Å²) in [6.07, 6.45) is -21.7. The van der Waals surface area contributed by atoms with Gasteiger partial charge in [-0.2, -0.15) is 114 Å². The summed E-state index contributed by atoms with van der Waals surface area (Å²) in [4.78, 5) is 23.2. The van der Waals surface area contributed by atoms with E-state index in [1.54, 1.807) is 0 Å². The van der Waals surface area contributed by atoms with E-state index in [0.717, 1.165) is 0 Å². The number of hydrogen-bond acceptors (Lipinski definition) is 5. The zero-order valence-corrected chi connectivity index (χ0v) is 26.4. The molecule has 334 valence electrons. The van der Waals surface area contributed by atoms with Crippen LogP contribution in [0.4, 0.5) is 114 Å². The van der Waals surface area contributed by atoms with Gasteiger partial charge in [0.15, 0.2) is 0 Å². The first-order valence-corrected chi connectivity index (χ1v) is 13.9. The van der Waals surface area contributed by atoms with Gasteiger partial charge in [-0.3, -0.25) is 0 Å². The molecule has 0 atom stereocenters. The average molecular weight is 914 g/mol. The SMILES string of the molecule is O=C(O)c1cc2c(OCCC(F)(F)C(F)(F)C(F)(F)C(F)(F)C(F)(F)C(F)(F)F)cc(OCCC(F)(F)C(F)(F)C(F)(F)C(F)(F)C(F)(F)C(F)(F)F)cc2oc1=O. The van der Waals surface area contributed by atoms with Crippen LogP contribution in [0.15, 0.2) is 27.4 Å². The van der Waals surface area contributed by atoms with Gasteiger partial charge in [0.1, 0.15) is 22.6 Å². The summed E-state index contributed by atoms with van der Waals surface area (Å²) in [7, 11) is 0. The highest BCUT2D eigenvalue weighted by Gasteiger charge is 2.92. The van der Waals surface area contributed by atoms with Gasteiger partial charge < -0.3 is 19.0 Å². The Labute approximate surface area is 299 Å². The highest BCUT2D eigenvalue weighted by molar-refractivity contribution is 5.94. The molecule has 0 fully saturated rings. The van der Waals surface area contributed by atoms with Crippen molar-refractivity contribution in [3.05, 3.63) is 34.2 Å². The number of hydrogen-bond donors (Lipinski definition) is 1. The number of carboxylic acids is 1. The molecule has 0 saturated carbocycles. The van der Waals surface area contributed by atoms with Gasteiger partial charge in [-0.15, -0.1) is 0 Å². The van der Waals surface area contributed by atoms with Crippen molar-refractivity contribution < 1.29 is 138 Å². The summed E-state index contributed by atoms with van der Waals surface area (Å²) < 4.78 is 360. The van der Waals surface area contributed by atoms with E-state index in [0.29, 0.717) is 0 Å². The number of alkyl halides is 26. The Bertz CT molecular complexity index is 1890. The fraction of sp³-hybridized carbons (Fsp3) is 0.615. The van der Waals surface area contributed by atoms with Gasteiger partial charge in [0.05, 0.1) is 31.4 Å². The smallest absolute Gasteiger partial charge is 0.460 e. The lowest BCUT2D eigenvalue weighted by Crippen LogP contribution is -2.70. The van der Waals surface area contributed by atoms with E-state index < -0.39 is 137 Å². The molecule has 0 bridgehead atoms. The van der Waals surface area contributed by atoms with Crippen LogP contribution in [0, 0.1) is 0 Å². The highest BCUT2D eigenvalue weighted by Crippen LogP contribution is 2.62. The minimum Gasteiger partial charge on any atom is -0.493 e. The lowest BCUT2D eigenvalue weighted by molar-refractivity contribution is -0.440. The van der Waals surface area contributed by atoms with Crippen LogP contribution in [-0.2, 0) is 0 Å². The molecule has 1 aromatic carbocycles. The molecule has 58 heavy (non-hydrogen) atoms. The average Bonchev–Trinajstić information content (AvgIpc) is 3.02. The third-order valence-electron chi connectivity index (χ3n) is 7.37. The summed E-state index contributed by atoms with van der Waals surface area (Å²) in [6, 6.07) is 0.223. The van der Waals surface area contributed by atoms with Crippen molar-refractivity contribution in [2.45, 2.75) is 84.4 Å². The molecule has 0 aliphatic carbocycles. The number of carboxylic acid groups (broad SMARTS) is 1. The predicted octanol–water partition coefficient (Wildman–Crippen LogP) is 10.5. The Morgan fingerprint density at radius 3 is 1.19 bits per heavy atom. The molecule has 0 radical (unpaired) electrons. The van der Waals surface area contributed by atoms with E-state index in [1.165, 1.54) is 0 Å². The predicted molar refractivity (Wildman–Crippen MR) is 131 cm³/mol. The molecule has 1 N–H and O–H groups in total. The maximum atomic E-state index is 14.2. The molecule has 0 aliphatic heterocycles. The van der Waals surface area contributed by atoms with E-state index in [4.69, 9.17) is 5.11 Å². The molecule has 0 saturated heterocycles. The highest BCUT2D eigenvalue weighted by atomic mass is 19.4. The van der Waals surface area contributed by atoms with Crippen LogP contribution >= 0.6 is 0 Å². The van der Waals surface area contributed by atoms with Crippen molar-refractivity contribution in [2.75, 3.05) is 13.2 Å². The Morgan fingerprint density at radius 2 is 0.845 bits per heavy atom. The Balaban J connectivity index is 2.51. The number of halogens is 26. The minimum absolute atomic E-state index is 0.0280. The van der Waals surface area contributed by atoms with E-state index in [9.17, 15) is 124 Å². The molecule has 0 spiro atoms. The normalized spacial score (nSPS) is 15.2. The molecule has 0 amide bonds. The van der Waals surface area contributed by atoms with Crippen LogP contribution in [0.25, 0.3) is 11.0 Å². The Hall–Kier alpha value is -4.32. The van der Waals surface area contributed by atoms with Gasteiger partial charge >= 0.3 is 83.2 Å². The lowest BCUT2D eigenvalue weighted by Gasteiger charge is -2.39. The number of aromatic carboxylic acids is 1. The molecular weight excluding hydrogens is 902 g/mol. The zero-order chi connectivity index (χ0) is 46.1. The molecule has 32 heteroatoms. The van der Waals surface area contributed by atoms with Crippen molar-refractivity contribution in [2.24, 2.45) is 0 Å². The number of benzene rings is 1. The van der Waals surface area contributed by atoms with Crippen molar-refractivity contribution in [3.8, 4) is 11.5 Å². The maximum Gasteiger partial charge on any atom is 0.460 e. The quantitative estimate of drug-likeness (QED) is 0.126. The van der Waals surface area contributed by atoms with Crippen molar-refractivity contribution in [3.63, 3.8) is 0 Å². The molecular formula is C26H12F26O6. The summed E-state index contributed by atoms with van der Waals surface area (Å²) in [6.45, 7) is -4.64. The monoisotopic (exact) mass is 914 g/mol. The van der Waals surface area contributed by atoms with E-state index in [1.807, 2.05) is 0 Å². The van der Waals surface area contributed by atoms with Crippen LogP contribution in [-0.4, -0.2) is 95.9 Å². The van der Waals surface area contributed by atoms with Crippen molar-refractivity contribution in [1.29, 1.82) is 0 Å². The third kappa shape index (κ3) is 7.66. The van der Waals surface area contributed by atoms with E-state index in [-0.39, 0.29) is 18.2 Å². The third-order valence-corrected chi connectivity index (χ3v) is 7.37. The van der Waals surface area contributed by atoms with Gasteiger partial charge in [-0.25, -0.2) is 9.59 Å². The first-order valence-electron chi connectivity index (χ1n) is 13.9. The van der Waals surface area contributed by atoms with Gasteiger partial charge in [0.2, 0.25) is 0 Å². The topological polar surface area (TPSA) is 86.0 Å². The fourth-order valence-electron chi connectivity index (χ4n) is 4.02. The number of rotatable bonds is 17. The molecule has 1 heterocycles. The van der Waals surface area contributed by atoms with Gasteiger partial charge in [0, 0.05) is 12.1 Å². The second kappa shape index (κ2) is 14.4. The zero-order valence-electron chi connectivity index (χ0n) is 26.4. The molecule has 6 nitrogen and oxygen atoms in total. The number of carbonyl (C=O) groups is 1. The lowest BCUT2D eigenvalue weighted by atomic mass is 9.93. The minimum atomic E-state index is -8.32. The molecule has 2 rings (SSSR count). The fourth-order valence-corrected chi connectivity index (χ4v) is 4.02.